The van der Waals surface area contributed by atoms with Crippen molar-refractivity contribution in [2.24, 2.45) is 4.99 Å². The summed E-state index contributed by atoms with van der Waals surface area (Å²) in [4.78, 5) is 16.3. The number of furan rings is 1. The number of halogens is 1. The fourth-order valence-corrected chi connectivity index (χ4v) is 3.50. The summed E-state index contributed by atoms with van der Waals surface area (Å²) in [6.45, 7) is 1.28. The SMILES string of the molecule is CN=C(NCc1ccc(NC(=O)c2ccco2)cc1)NCC1(c2cccc(F)c2)CC1. The van der Waals surface area contributed by atoms with Crippen molar-refractivity contribution in [2.75, 3.05) is 18.9 Å². The van der Waals surface area contributed by atoms with Crippen molar-refractivity contribution in [3.05, 3.63) is 89.6 Å². The molecule has 1 aromatic heterocycles. The van der Waals surface area contributed by atoms with Gasteiger partial charge in [-0.25, -0.2) is 4.39 Å². The Kier molecular flexibility index (Phi) is 6.02. The number of hydrogen-bond acceptors (Lipinski definition) is 3. The zero-order valence-corrected chi connectivity index (χ0v) is 17.3. The Balaban J connectivity index is 1.27. The fraction of sp³-hybridized carbons (Fsp3) is 0.250. The summed E-state index contributed by atoms with van der Waals surface area (Å²) in [5.74, 6) is 0.480. The Morgan fingerprint density at radius 1 is 1.10 bits per heavy atom. The minimum atomic E-state index is -0.284. The topological polar surface area (TPSA) is 78.7 Å². The molecule has 0 radical (unpaired) electrons. The van der Waals surface area contributed by atoms with Crippen LogP contribution in [0.4, 0.5) is 10.1 Å². The third kappa shape index (κ3) is 5.12. The van der Waals surface area contributed by atoms with Gasteiger partial charge in [0.2, 0.25) is 0 Å². The number of nitrogens with zero attached hydrogens (tertiary/aromatic N) is 1. The van der Waals surface area contributed by atoms with Crippen LogP contribution in [0.15, 0.2) is 76.3 Å². The van der Waals surface area contributed by atoms with Gasteiger partial charge in [0.05, 0.1) is 6.26 Å². The molecule has 0 spiro atoms. The first-order valence-electron chi connectivity index (χ1n) is 10.2. The molecule has 0 unspecified atom stereocenters. The van der Waals surface area contributed by atoms with Crippen molar-refractivity contribution < 1.29 is 13.6 Å². The Bertz CT molecular complexity index is 1060. The quantitative estimate of drug-likeness (QED) is 0.398. The normalized spacial score (nSPS) is 14.7. The molecule has 1 saturated carbocycles. The van der Waals surface area contributed by atoms with E-state index in [9.17, 15) is 9.18 Å². The molecule has 0 bridgehead atoms. The molecule has 3 N–H and O–H groups in total. The highest BCUT2D eigenvalue weighted by atomic mass is 19.1. The maximum Gasteiger partial charge on any atom is 0.291 e. The van der Waals surface area contributed by atoms with Crippen LogP contribution in [0.1, 0.15) is 34.5 Å². The summed E-state index contributed by atoms with van der Waals surface area (Å²) in [6, 6.07) is 17.7. The lowest BCUT2D eigenvalue weighted by molar-refractivity contribution is 0.0996. The van der Waals surface area contributed by atoms with Crippen molar-refractivity contribution >= 4 is 17.6 Å². The van der Waals surface area contributed by atoms with E-state index in [0.29, 0.717) is 24.7 Å². The summed E-state index contributed by atoms with van der Waals surface area (Å²) in [7, 11) is 1.73. The van der Waals surface area contributed by atoms with E-state index in [1.165, 1.54) is 12.3 Å². The van der Waals surface area contributed by atoms with Crippen LogP contribution in [0.25, 0.3) is 0 Å². The summed E-state index contributed by atoms with van der Waals surface area (Å²) in [6.07, 6.45) is 3.53. The lowest BCUT2D eigenvalue weighted by atomic mass is 9.96. The van der Waals surface area contributed by atoms with Gasteiger partial charge >= 0.3 is 0 Å². The number of guanidine groups is 1. The van der Waals surface area contributed by atoms with Gasteiger partial charge in [0.15, 0.2) is 11.7 Å². The number of benzene rings is 2. The van der Waals surface area contributed by atoms with E-state index in [4.69, 9.17) is 4.42 Å². The van der Waals surface area contributed by atoms with Crippen LogP contribution >= 0.6 is 0 Å². The van der Waals surface area contributed by atoms with Crippen molar-refractivity contribution in [3.63, 3.8) is 0 Å². The number of amides is 1. The van der Waals surface area contributed by atoms with Gasteiger partial charge < -0.3 is 20.4 Å². The molecule has 2 aromatic carbocycles. The van der Waals surface area contributed by atoms with Gasteiger partial charge in [-0.2, -0.15) is 0 Å². The highest BCUT2D eigenvalue weighted by Gasteiger charge is 2.44. The van der Waals surface area contributed by atoms with Crippen molar-refractivity contribution in [2.45, 2.75) is 24.8 Å². The number of rotatable bonds is 7. The molecule has 6 nitrogen and oxygen atoms in total. The van der Waals surface area contributed by atoms with E-state index in [0.717, 1.165) is 24.0 Å². The zero-order chi connectivity index (χ0) is 21.7. The monoisotopic (exact) mass is 420 g/mol. The van der Waals surface area contributed by atoms with Gasteiger partial charge in [0, 0.05) is 31.2 Å². The molecular formula is C24H25FN4O2. The molecule has 7 heteroatoms. The van der Waals surface area contributed by atoms with Gasteiger partial charge in [-0.05, 0) is 60.4 Å². The Morgan fingerprint density at radius 3 is 2.55 bits per heavy atom. The highest BCUT2D eigenvalue weighted by molar-refractivity contribution is 6.02. The fourth-order valence-electron chi connectivity index (χ4n) is 3.50. The molecule has 1 amide bonds. The van der Waals surface area contributed by atoms with E-state index in [-0.39, 0.29) is 22.9 Å². The molecule has 160 valence electrons. The zero-order valence-electron chi connectivity index (χ0n) is 17.3. The standard InChI is InChI=1S/C24H25FN4O2/c1-26-23(28-16-24(11-12-24)18-4-2-5-19(25)14-18)27-15-17-7-9-20(10-8-17)29-22(30)21-6-3-13-31-21/h2-10,13-14H,11-12,15-16H2,1H3,(H,29,30)(H2,26,27,28). The minimum Gasteiger partial charge on any atom is -0.459 e. The van der Waals surface area contributed by atoms with Crippen LogP contribution in [0.3, 0.4) is 0 Å². The number of hydrogen-bond donors (Lipinski definition) is 3. The average molecular weight is 420 g/mol. The van der Waals surface area contributed by atoms with Gasteiger partial charge in [0.25, 0.3) is 5.91 Å². The first-order chi connectivity index (χ1) is 15.1. The third-order valence-electron chi connectivity index (χ3n) is 5.53. The minimum absolute atomic E-state index is 0.0203. The Hall–Kier alpha value is -3.61. The van der Waals surface area contributed by atoms with Gasteiger partial charge in [0.1, 0.15) is 5.82 Å². The molecular weight excluding hydrogens is 395 g/mol. The number of nitrogens with one attached hydrogen (secondary N) is 3. The van der Waals surface area contributed by atoms with E-state index < -0.39 is 0 Å². The van der Waals surface area contributed by atoms with Gasteiger partial charge in [-0.15, -0.1) is 0 Å². The first kappa shape index (κ1) is 20.7. The van der Waals surface area contributed by atoms with Gasteiger partial charge in [-0.1, -0.05) is 24.3 Å². The van der Waals surface area contributed by atoms with Crippen molar-refractivity contribution in [1.29, 1.82) is 0 Å². The molecule has 0 saturated heterocycles. The van der Waals surface area contributed by atoms with Crippen LogP contribution in [-0.4, -0.2) is 25.5 Å². The molecule has 1 heterocycles. The first-order valence-corrected chi connectivity index (χ1v) is 10.2. The van der Waals surface area contributed by atoms with Crippen LogP contribution in [-0.2, 0) is 12.0 Å². The third-order valence-corrected chi connectivity index (χ3v) is 5.53. The van der Waals surface area contributed by atoms with Crippen LogP contribution in [0.5, 0.6) is 0 Å². The number of aliphatic imine (C=N–C) groups is 1. The van der Waals surface area contributed by atoms with E-state index >= 15 is 0 Å². The molecule has 3 aromatic rings. The predicted molar refractivity (Wildman–Crippen MR) is 119 cm³/mol. The largest absolute Gasteiger partial charge is 0.459 e. The lowest BCUT2D eigenvalue weighted by Gasteiger charge is -2.19. The molecule has 1 fully saturated rings. The Morgan fingerprint density at radius 2 is 1.90 bits per heavy atom. The van der Waals surface area contributed by atoms with E-state index in [2.05, 4.69) is 20.9 Å². The van der Waals surface area contributed by atoms with E-state index in [1.807, 2.05) is 30.3 Å². The van der Waals surface area contributed by atoms with Gasteiger partial charge in [-0.3, -0.25) is 9.79 Å². The van der Waals surface area contributed by atoms with Crippen LogP contribution in [0, 0.1) is 5.82 Å². The molecule has 31 heavy (non-hydrogen) atoms. The number of carbonyl (C=O) groups is 1. The number of anilines is 1. The smallest absolute Gasteiger partial charge is 0.291 e. The maximum absolute atomic E-state index is 13.6. The van der Waals surface area contributed by atoms with Crippen LogP contribution in [0.2, 0.25) is 0 Å². The summed E-state index contributed by atoms with van der Waals surface area (Å²) >= 11 is 0. The molecule has 1 aliphatic carbocycles. The van der Waals surface area contributed by atoms with E-state index in [1.54, 1.807) is 31.3 Å². The van der Waals surface area contributed by atoms with Crippen molar-refractivity contribution in [1.82, 2.24) is 10.6 Å². The second-order valence-electron chi connectivity index (χ2n) is 7.70. The second-order valence-corrected chi connectivity index (χ2v) is 7.70. The predicted octanol–water partition coefficient (Wildman–Crippen LogP) is 4.07. The second kappa shape index (κ2) is 9.04. The highest BCUT2D eigenvalue weighted by Crippen LogP contribution is 2.47. The summed E-state index contributed by atoms with van der Waals surface area (Å²) < 4.78 is 18.7. The Labute approximate surface area is 180 Å². The number of carbonyl (C=O) groups excluding carboxylic acids is 1. The molecule has 0 atom stereocenters. The lowest BCUT2D eigenvalue weighted by Crippen LogP contribution is -2.40. The average Bonchev–Trinajstić information content (AvgIpc) is 3.37. The molecule has 0 aliphatic heterocycles. The summed E-state index contributed by atoms with van der Waals surface area (Å²) in [5, 5.41) is 9.45. The van der Waals surface area contributed by atoms with Crippen molar-refractivity contribution in [3.8, 4) is 0 Å². The summed E-state index contributed by atoms with van der Waals surface area (Å²) in [5.41, 5.74) is 2.75. The van der Waals surface area contributed by atoms with Crippen LogP contribution < -0.4 is 16.0 Å². The maximum atomic E-state index is 13.6. The molecule has 1 aliphatic rings. The molecule has 4 rings (SSSR count).